The second kappa shape index (κ2) is 4.65. The van der Waals surface area contributed by atoms with Gasteiger partial charge in [0.05, 0.1) is 5.71 Å². The van der Waals surface area contributed by atoms with Gasteiger partial charge < -0.3 is 11.5 Å². The summed E-state index contributed by atoms with van der Waals surface area (Å²) in [6, 6.07) is 14.2. The van der Waals surface area contributed by atoms with Gasteiger partial charge in [0.2, 0.25) is 5.96 Å². The summed E-state index contributed by atoms with van der Waals surface area (Å²) < 4.78 is 0. The average molecular weight is 226 g/mol. The van der Waals surface area contributed by atoms with E-state index < -0.39 is 0 Å². The van der Waals surface area contributed by atoms with Gasteiger partial charge in [-0.1, -0.05) is 42.5 Å². The van der Waals surface area contributed by atoms with E-state index in [9.17, 15) is 0 Å². The normalized spacial score (nSPS) is 11.5. The summed E-state index contributed by atoms with van der Waals surface area (Å²) >= 11 is 0. The molecule has 0 aliphatic rings. The van der Waals surface area contributed by atoms with E-state index in [4.69, 9.17) is 11.5 Å². The summed E-state index contributed by atoms with van der Waals surface area (Å²) in [5, 5.41) is 9.98. The highest BCUT2D eigenvalue weighted by atomic mass is 15.3. The fourth-order valence-corrected chi connectivity index (χ4v) is 1.73. The second-order valence-corrected chi connectivity index (χ2v) is 3.74. The Labute approximate surface area is 99.6 Å². The molecule has 0 amide bonds. The molecular formula is C13H14N4. The van der Waals surface area contributed by atoms with Crippen LogP contribution in [0.3, 0.4) is 0 Å². The minimum Gasteiger partial charge on any atom is -0.369 e. The van der Waals surface area contributed by atoms with E-state index in [0.29, 0.717) is 0 Å². The SMILES string of the molecule is CC(=NN=C(N)N)c1cccc2ccccc12. The van der Waals surface area contributed by atoms with Crippen LogP contribution in [-0.4, -0.2) is 11.7 Å². The zero-order chi connectivity index (χ0) is 12.3. The molecule has 0 bridgehead atoms. The molecule has 0 unspecified atom stereocenters. The van der Waals surface area contributed by atoms with Crippen molar-refractivity contribution in [2.75, 3.05) is 0 Å². The highest BCUT2D eigenvalue weighted by Crippen LogP contribution is 2.19. The lowest BCUT2D eigenvalue weighted by Crippen LogP contribution is -2.22. The highest BCUT2D eigenvalue weighted by Gasteiger charge is 2.02. The molecule has 2 aromatic rings. The lowest BCUT2D eigenvalue weighted by molar-refractivity contribution is 1.20. The van der Waals surface area contributed by atoms with Gasteiger partial charge in [-0.05, 0) is 17.7 Å². The predicted molar refractivity (Wildman–Crippen MR) is 72.0 cm³/mol. The first-order valence-corrected chi connectivity index (χ1v) is 5.30. The highest BCUT2D eigenvalue weighted by molar-refractivity contribution is 6.09. The molecule has 0 aliphatic heterocycles. The third-order valence-corrected chi connectivity index (χ3v) is 2.49. The van der Waals surface area contributed by atoms with Gasteiger partial charge in [0.25, 0.3) is 0 Å². The topological polar surface area (TPSA) is 76.8 Å². The second-order valence-electron chi connectivity index (χ2n) is 3.74. The largest absolute Gasteiger partial charge is 0.369 e. The Bertz CT molecular complexity index is 590. The minimum atomic E-state index is -0.0374. The van der Waals surface area contributed by atoms with Crippen LogP contribution in [0.4, 0.5) is 0 Å². The summed E-state index contributed by atoms with van der Waals surface area (Å²) in [5.41, 5.74) is 12.3. The number of rotatable bonds is 2. The van der Waals surface area contributed by atoms with Crippen LogP contribution in [0.1, 0.15) is 12.5 Å². The van der Waals surface area contributed by atoms with Crippen molar-refractivity contribution in [1.29, 1.82) is 0 Å². The van der Waals surface area contributed by atoms with E-state index >= 15 is 0 Å². The van der Waals surface area contributed by atoms with Crippen LogP contribution in [0.5, 0.6) is 0 Å². The smallest absolute Gasteiger partial charge is 0.211 e. The molecule has 0 fully saturated rings. The molecule has 2 aromatic carbocycles. The number of nitrogens with two attached hydrogens (primary N) is 2. The van der Waals surface area contributed by atoms with Crippen molar-refractivity contribution in [3.8, 4) is 0 Å². The molecule has 2 rings (SSSR count). The maximum atomic E-state index is 5.25. The standard InChI is InChI=1S/C13H14N4/c1-9(16-17-13(14)15)11-8-4-6-10-5-2-3-7-12(10)11/h2-8H,1H3,(H4,14,15,17). The molecule has 0 saturated heterocycles. The van der Waals surface area contributed by atoms with Gasteiger partial charge in [-0.25, -0.2) is 0 Å². The molecule has 0 saturated carbocycles. The number of nitrogens with zero attached hydrogens (tertiary/aromatic N) is 2. The van der Waals surface area contributed by atoms with E-state index in [1.54, 1.807) is 0 Å². The Morgan fingerprint density at radius 2 is 1.65 bits per heavy atom. The Hall–Kier alpha value is -2.36. The molecule has 0 radical (unpaired) electrons. The predicted octanol–water partition coefficient (Wildman–Crippen LogP) is 1.84. The van der Waals surface area contributed by atoms with Crippen molar-refractivity contribution in [2.45, 2.75) is 6.92 Å². The summed E-state index contributed by atoms with van der Waals surface area (Å²) in [4.78, 5) is 0. The summed E-state index contributed by atoms with van der Waals surface area (Å²) in [5.74, 6) is -0.0374. The fourth-order valence-electron chi connectivity index (χ4n) is 1.73. The van der Waals surface area contributed by atoms with Crippen LogP contribution in [0.25, 0.3) is 10.8 Å². The quantitative estimate of drug-likeness (QED) is 0.465. The molecule has 0 aromatic heterocycles. The van der Waals surface area contributed by atoms with Crippen molar-refractivity contribution >= 4 is 22.4 Å². The molecule has 4 nitrogen and oxygen atoms in total. The first-order valence-electron chi connectivity index (χ1n) is 5.30. The molecule has 4 N–H and O–H groups in total. The Morgan fingerprint density at radius 1 is 0.941 bits per heavy atom. The van der Waals surface area contributed by atoms with Crippen molar-refractivity contribution in [3.05, 3.63) is 48.0 Å². The molecule has 0 aliphatic carbocycles. The van der Waals surface area contributed by atoms with Gasteiger partial charge >= 0.3 is 0 Å². The zero-order valence-electron chi connectivity index (χ0n) is 9.59. The molecular weight excluding hydrogens is 212 g/mol. The van der Waals surface area contributed by atoms with Crippen molar-refractivity contribution in [1.82, 2.24) is 0 Å². The van der Waals surface area contributed by atoms with Gasteiger partial charge in [-0.3, -0.25) is 0 Å². The van der Waals surface area contributed by atoms with E-state index in [0.717, 1.165) is 16.7 Å². The van der Waals surface area contributed by atoms with Crippen LogP contribution < -0.4 is 11.5 Å². The Kier molecular flexibility index (Phi) is 3.05. The van der Waals surface area contributed by atoms with Crippen molar-refractivity contribution in [2.24, 2.45) is 21.7 Å². The van der Waals surface area contributed by atoms with E-state index in [2.05, 4.69) is 28.4 Å². The molecule has 17 heavy (non-hydrogen) atoms. The number of benzene rings is 2. The lowest BCUT2D eigenvalue weighted by Gasteiger charge is -2.04. The van der Waals surface area contributed by atoms with Gasteiger partial charge in [0.1, 0.15) is 0 Å². The third kappa shape index (κ3) is 2.42. The number of hydrogen-bond donors (Lipinski definition) is 2. The molecule has 86 valence electrons. The third-order valence-electron chi connectivity index (χ3n) is 2.49. The van der Waals surface area contributed by atoms with E-state index in [1.165, 1.54) is 5.39 Å². The van der Waals surface area contributed by atoms with Crippen molar-refractivity contribution < 1.29 is 0 Å². The average Bonchev–Trinajstić information content (AvgIpc) is 2.35. The zero-order valence-corrected chi connectivity index (χ0v) is 9.59. The number of hydrogen-bond acceptors (Lipinski definition) is 2. The Balaban J connectivity index is 2.56. The first-order chi connectivity index (χ1) is 8.18. The molecule has 0 spiro atoms. The lowest BCUT2D eigenvalue weighted by atomic mass is 10.0. The van der Waals surface area contributed by atoms with Crippen molar-refractivity contribution in [3.63, 3.8) is 0 Å². The van der Waals surface area contributed by atoms with Gasteiger partial charge in [-0.15, -0.1) is 5.10 Å². The van der Waals surface area contributed by atoms with E-state index in [-0.39, 0.29) is 5.96 Å². The summed E-state index contributed by atoms with van der Waals surface area (Å²) in [6.45, 7) is 1.88. The van der Waals surface area contributed by atoms with Gasteiger partial charge in [0.15, 0.2) is 0 Å². The molecule has 0 heterocycles. The molecule has 4 heteroatoms. The molecule has 0 atom stereocenters. The minimum absolute atomic E-state index is 0.0374. The summed E-state index contributed by atoms with van der Waals surface area (Å²) in [7, 11) is 0. The number of guanidine groups is 1. The van der Waals surface area contributed by atoms with Crippen LogP contribution in [-0.2, 0) is 0 Å². The van der Waals surface area contributed by atoms with Gasteiger partial charge in [0, 0.05) is 5.56 Å². The monoisotopic (exact) mass is 226 g/mol. The van der Waals surface area contributed by atoms with Crippen LogP contribution in [0.15, 0.2) is 52.7 Å². The first kappa shape index (κ1) is 11.1. The van der Waals surface area contributed by atoms with Gasteiger partial charge in [-0.2, -0.15) is 5.10 Å². The fraction of sp³-hybridized carbons (Fsp3) is 0.0769. The Morgan fingerprint density at radius 3 is 2.41 bits per heavy atom. The summed E-state index contributed by atoms with van der Waals surface area (Å²) in [6.07, 6.45) is 0. The number of fused-ring (bicyclic) bond motifs is 1. The van der Waals surface area contributed by atoms with Crippen LogP contribution in [0.2, 0.25) is 0 Å². The van der Waals surface area contributed by atoms with Crippen LogP contribution >= 0.6 is 0 Å². The maximum absolute atomic E-state index is 5.25. The van der Waals surface area contributed by atoms with E-state index in [1.807, 2.05) is 31.2 Å². The van der Waals surface area contributed by atoms with Crippen LogP contribution in [0, 0.1) is 0 Å². The maximum Gasteiger partial charge on any atom is 0.211 e.